The third-order valence-corrected chi connectivity index (χ3v) is 4.75. The number of hydrogen-bond acceptors (Lipinski definition) is 4. The Bertz CT molecular complexity index is 865. The van der Waals surface area contributed by atoms with E-state index in [1.165, 1.54) is 11.8 Å². The molecule has 1 saturated heterocycles. The maximum Gasteiger partial charge on any atom is 0.257 e. The molecule has 0 spiro atoms. The molecule has 2 aromatic carbocycles. The second-order valence-electron chi connectivity index (χ2n) is 6.26. The molecule has 7 heteroatoms. The zero-order valence-corrected chi connectivity index (χ0v) is 15.8. The number of methoxy groups -OCH3 is 1. The summed E-state index contributed by atoms with van der Waals surface area (Å²) in [5.74, 6) is -0.387. The lowest BCUT2D eigenvalue weighted by molar-refractivity contribution is -0.137. The lowest BCUT2D eigenvalue weighted by Crippen LogP contribution is -2.44. The molecule has 0 N–H and O–H groups in total. The Balaban J connectivity index is 1.83. The second-order valence-corrected chi connectivity index (χ2v) is 6.70. The van der Waals surface area contributed by atoms with Crippen LogP contribution in [0, 0.1) is 0 Å². The van der Waals surface area contributed by atoms with Crippen LogP contribution in [0.1, 0.15) is 18.9 Å². The molecule has 1 heterocycles. The molecule has 1 fully saturated rings. The molecule has 140 valence electrons. The minimum Gasteiger partial charge on any atom is -0.497 e. The van der Waals surface area contributed by atoms with Gasteiger partial charge >= 0.3 is 0 Å². The van der Waals surface area contributed by atoms with E-state index < -0.39 is 11.9 Å². The van der Waals surface area contributed by atoms with Gasteiger partial charge in [0.2, 0.25) is 11.8 Å². The lowest BCUT2D eigenvalue weighted by atomic mass is 10.1. The first-order valence-corrected chi connectivity index (χ1v) is 8.81. The normalized spacial score (nSPS) is 16.6. The summed E-state index contributed by atoms with van der Waals surface area (Å²) in [7, 11) is 1.54. The van der Waals surface area contributed by atoms with Crippen molar-refractivity contribution in [3.63, 3.8) is 0 Å². The lowest BCUT2D eigenvalue weighted by Gasteiger charge is -2.26. The minimum atomic E-state index is -0.826. The Morgan fingerprint density at radius 2 is 1.78 bits per heavy atom. The molecule has 2 aromatic rings. The number of anilines is 1. The van der Waals surface area contributed by atoms with Crippen LogP contribution in [0.3, 0.4) is 0 Å². The van der Waals surface area contributed by atoms with Crippen molar-refractivity contribution in [2.75, 3.05) is 12.0 Å². The van der Waals surface area contributed by atoms with Gasteiger partial charge in [0.1, 0.15) is 11.8 Å². The predicted molar refractivity (Wildman–Crippen MR) is 102 cm³/mol. The molecule has 1 atom stereocenters. The quantitative estimate of drug-likeness (QED) is 0.741. The van der Waals surface area contributed by atoms with Gasteiger partial charge in [-0.2, -0.15) is 0 Å². The molecule has 3 amide bonds. The van der Waals surface area contributed by atoms with Crippen LogP contribution in [0.15, 0.2) is 48.5 Å². The fraction of sp³-hybridized carbons (Fsp3) is 0.250. The molecule has 0 saturated carbocycles. The summed E-state index contributed by atoms with van der Waals surface area (Å²) in [5.41, 5.74) is 1.29. The van der Waals surface area contributed by atoms with Gasteiger partial charge in [0.15, 0.2) is 0 Å². The average molecular weight is 387 g/mol. The Kier molecular flexibility index (Phi) is 5.46. The van der Waals surface area contributed by atoms with E-state index in [0.717, 1.165) is 10.5 Å². The smallest absolute Gasteiger partial charge is 0.257 e. The summed E-state index contributed by atoms with van der Waals surface area (Å²) in [5, 5.41) is 0.589. The number of rotatable bonds is 5. The highest BCUT2D eigenvalue weighted by molar-refractivity contribution is 6.30. The molecule has 1 aliphatic rings. The first-order chi connectivity index (χ1) is 12.9. The van der Waals surface area contributed by atoms with Crippen molar-refractivity contribution >= 4 is 35.0 Å². The first-order valence-electron chi connectivity index (χ1n) is 8.43. The van der Waals surface area contributed by atoms with Crippen LogP contribution in [0.5, 0.6) is 5.75 Å². The van der Waals surface area contributed by atoms with Crippen LogP contribution in [-0.2, 0) is 20.9 Å². The summed E-state index contributed by atoms with van der Waals surface area (Å²) in [6.07, 6.45) is -0.0436. The highest BCUT2D eigenvalue weighted by Crippen LogP contribution is 2.28. The van der Waals surface area contributed by atoms with Gasteiger partial charge in [-0.05, 0) is 42.0 Å². The van der Waals surface area contributed by atoms with Crippen molar-refractivity contribution in [1.82, 2.24) is 4.90 Å². The minimum absolute atomic E-state index is 0.0436. The van der Waals surface area contributed by atoms with Crippen LogP contribution >= 0.6 is 11.6 Å². The van der Waals surface area contributed by atoms with E-state index in [-0.39, 0.29) is 24.8 Å². The fourth-order valence-corrected chi connectivity index (χ4v) is 3.22. The Morgan fingerprint density at radius 3 is 2.33 bits per heavy atom. The zero-order valence-electron chi connectivity index (χ0n) is 15.0. The van der Waals surface area contributed by atoms with Gasteiger partial charge in [-0.15, -0.1) is 0 Å². The topological polar surface area (TPSA) is 66.9 Å². The number of carbonyl (C=O) groups excluding carboxylic acids is 3. The van der Waals surface area contributed by atoms with Gasteiger partial charge in [0.05, 0.1) is 19.2 Å². The predicted octanol–water partition coefficient (Wildman–Crippen LogP) is 3.03. The summed E-state index contributed by atoms with van der Waals surface area (Å²) in [6, 6.07) is 12.9. The largest absolute Gasteiger partial charge is 0.497 e. The van der Waals surface area contributed by atoms with Gasteiger partial charge in [-0.25, -0.2) is 4.90 Å². The van der Waals surface area contributed by atoms with Crippen molar-refractivity contribution in [3.05, 3.63) is 59.1 Å². The molecule has 3 rings (SSSR count). The zero-order chi connectivity index (χ0) is 19.6. The van der Waals surface area contributed by atoms with E-state index in [1.54, 1.807) is 55.6 Å². The number of nitrogens with zero attached hydrogens (tertiary/aromatic N) is 2. The number of hydrogen-bond donors (Lipinski definition) is 0. The number of halogens is 1. The molecule has 1 aliphatic heterocycles. The molecule has 6 nitrogen and oxygen atoms in total. The molecule has 0 aromatic heterocycles. The monoisotopic (exact) mass is 386 g/mol. The number of benzene rings is 2. The highest BCUT2D eigenvalue weighted by Gasteiger charge is 2.43. The maximum atomic E-state index is 12.9. The Morgan fingerprint density at radius 1 is 1.15 bits per heavy atom. The third-order valence-electron chi connectivity index (χ3n) is 4.50. The van der Waals surface area contributed by atoms with Crippen molar-refractivity contribution in [1.29, 1.82) is 0 Å². The van der Waals surface area contributed by atoms with E-state index in [2.05, 4.69) is 0 Å². The molecule has 0 bridgehead atoms. The SMILES string of the molecule is COc1ccc(N2C(=O)C[C@H](N(Cc3ccc(Cl)cc3)C(C)=O)C2=O)cc1. The van der Waals surface area contributed by atoms with E-state index in [0.29, 0.717) is 16.5 Å². The Hall–Kier alpha value is -2.86. The van der Waals surface area contributed by atoms with Gasteiger partial charge in [0, 0.05) is 18.5 Å². The van der Waals surface area contributed by atoms with Crippen LogP contribution in [0.25, 0.3) is 0 Å². The highest BCUT2D eigenvalue weighted by atomic mass is 35.5. The fourth-order valence-electron chi connectivity index (χ4n) is 3.09. The van der Waals surface area contributed by atoms with Crippen molar-refractivity contribution < 1.29 is 19.1 Å². The summed E-state index contributed by atoms with van der Waals surface area (Å²) in [4.78, 5) is 40.1. The van der Waals surface area contributed by atoms with Gasteiger partial charge in [0.25, 0.3) is 5.91 Å². The molecule has 0 unspecified atom stereocenters. The van der Waals surface area contributed by atoms with Gasteiger partial charge in [-0.1, -0.05) is 23.7 Å². The summed E-state index contributed by atoms with van der Waals surface area (Å²) >= 11 is 5.89. The van der Waals surface area contributed by atoms with E-state index in [1.807, 2.05) is 0 Å². The molecular formula is C20H19ClN2O4. The molecular weight excluding hydrogens is 368 g/mol. The van der Waals surface area contributed by atoms with E-state index in [9.17, 15) is 14.4 Å². The van der Waals surface area contributed by atoms with E-state index >= 15 is 0 Å². The second kappa shape index (κ2) is 7.80. The van der Waals surface area contributed by atoms with Gasteiger partial charge in [-0.3, -0.25) is 14.4 Å². The number of ether oxygens (including phenoxy) is 1. The van der Waals surface area contributed by atoms with Crippen LogP contribution in [0.4, 0.5) is 5.69 Å². The first kappa shape index (κ1) is 18.9. The molecule has 27 heavy (non-hydrogen) atoms. The standard InChI is InChI=1S/C20H19ClN2O4/c1-13(24)22(12-14-3-5-15(21)6-4-14)18-11-19(25)23(20(18)26)16-7-9-17(27-2)10-8-16/h3-10,18H,11-12H2,1-2H3/t18-/m0/s1. The van der Waals surface area contributed by atoms with Crippen LogP contribution in [0.2, 0.25) is 5.02 Å². The number of amides is 3. The van der Waals surface area contributed by atoms with Crippen molar-refractivity contribution in [2.24, 2.45) is 0 Å². The Labute approximate surface area is 162 Å². The van der Waals surface area contributed by atoms with Crippen LogP contribution < -0.4 is 9.64 Å². The summed E-state index contributed by atoms with van der Waals surface area (Å²) < 4.78 is 5.10. The number of carbonyl (C=O) groups is 3. The van der Waals surface area contributed by atoms with E-state index in [4.69, 9.17) is 16.3 Å². The summed E-state index contributed by atoms with van der Waals surface area (Å²) in [6.45, 7) is 1.62. The average Bonchev–Trinajstić information content (AvgIpc) is 2.95. The van der Waals surface area contributed by atoms with Crippen molar-refractivity contribution in [3.8, 4) is 5.75 Å². The molecule has 0 aliphatic carbocycles. The van der Waals surface area contributed by atoms with Gasteiger partial charge < -0.3 is 9.64 Å². The van der Waals surface area contributed by atoms with Crippen molar-refractivity contribution in [2.45, 2.75) is 25.9 Å². The third kappa shape index (κ3) is 3.95. The number of imide groups is 1. The molecule has 0 radical (unpaired) electrons. The maximum absolute atomic E-state index is 12.9. The van der Waals surface area contributed by atoms with Crippen LogP contribution in [-0.4, -0.2) is 35.8 Å².